The number of hydrogen-bond donors (Lipinski definition) is 1. The Kier molecular flexibility index (Phi) is 4.48. The second-order valence-corrected chi connectivity index (χ2v) is 5.98. The molecule has 0 aliphatic heterocycles. The van der Waals surface area contributed by atoms with Gasteiger partial charge >= 0.3 is 0 Å². The smallest absolute Gasteiger partial charge is 0.222 e. The molecule has 0 atom stereocenters. The van der Waals surface area contributed by atoms with E-state index in [1.165, 1.54) is 0 Å². The van der Waals surface area contributed by atoms with Crippen molar-refractivity contribution < 1.29 is 14.4 Å². The van der Waals surface area contributed by atoms with Gasteiger partial charge in [-0.05, 0) is 33.1 Å². The average Bonchev–Trinajstić information content (AvgIpc) is 2.94. The first kappa shape index (κ1) is 15.0. The topological polar surface area (TPSA) is 66.6 Å². The van der Waals surface area contributed by atoms with E-state index in [-0.39, 0.29) is 5.91 Å². The van der Waals surface area contributed by atoms with Gasteiger partial charge in [0.2, 0.25) is 5.91 Å². The summed E-state index contributed by atoms with van der Waals surface area (Å²) in [6, 6.07) is 0. The van der Waals surface area contributed by atoms with Gasteiger partial charge in [-0.25, -0.2) is 0 Å². The fraction of sp³-hybridized carbons (Fsp3) is 0.733. The summed E-state index contributed by atoms with van der Waals surface area (Å²) in [5.74, 6) is 0.845. The summed E-state index contributed by atoms with van der Waals surface area (Å²) in [4.78, 5) is 13.8. The lowest BCUT2D eigenvalue weighted by Crippen LogP contribution is -2.42. The standard InChI is InChI=1S/C15H24N2O3/c1-11-13(12(2)20-16-11)6-7-14(18)17(3)10-15(19)8-4-5-9-15/h19H,4-10H2,1-3H3. The monoisotopic (exact) mass is 280 g/mol. The number of hydrogen-bond acceptors (Lipinski definition) is 4. The molecule has 5 heteroatoms. The predicted molar refractivity (Wildman–Crippen MR) is 75.4 cm³/mol. The number of carbonyl (C=O) groups is 1. The molecule has 1 aliphatic rings. The van der Waals surface area contributed by atoms with E-state index in [4.69, 9.17) is 4.52 Å². The SMILES string of the molecule is Cc1noc(C)c1CCC(=O)N(C)CC1(O)CCCC1. The molecule has 1 heterocycles. The minimum Gasteiger partial charge on any atom is -0.388 e. The summed E-state index contributed by atoms with van der Waals surface area (Å²) in [7, 11) is 1.77. The first-order chi connectivity index (χ1) is 9.41. The van der Waals surface area contributed by atoms with Crippen LogP contribution < -0.4 is 0 Å². The fourth-order valence-corrected chi connectivity index (χ4v) is 3.00. The lowest BCUT2D eigenvalue weighted by atomic mass is 10.0. The molecular formula is C15H24N2O3. The Morgan fingerprint density at radius 1 is 1.40 bits per heavy atom. The van der Waals surface area contributed by atoms with E-state index in [1.54, 1.807) is 11.9 Å². The number of rotatable bonds is 5. The number of aromatic nitrogens is 1. The van der Waals surface area contributed by atoms with E-state index >= 15 is 0 Å². The highest BCUT2D eigenvalue weighted by Crippen LogP contribution is 2.30. The number of aryl methyl sites for hydroxylation is 2. The van der Waals surface area contributed by atoms with Crippen molar-refractivity contribution in [2.24, 2.45) is 0 Å². The van der Waals surface area contributed by atoms with E-state index in [1.807, 2.05) is 13.8 Å². The molecule has 1 amide bonds. The van der Waals surface area contributed by atoms with E-state index in [2.05, 4.69) is 5.16 Å². The zero-order chi connectivity index (χ0) is 14.8. The number of carbonyl (C=O) groups excluding carboxylic acids is 1. The third kappa shape index (κ3) is 3.39. The summed E-state index contributed by atoms with van der Waals surface area (Å²) in [6.07, 6.45) is 4.77. The van der Waals surface area contributed by atoms with Crippen molar-refractivity contribution in [1.29, 1.82) is 0 Å². The maximum atomic E-state index is 12.2. The lowest BCUT2D eigenvalue weighted by molar-refractivity contribution is -0.133. The third-order valence-electron chi connectivity index (χ3n) is 4.26. The van der Waals surface area contributed by atoms with E-state index in [9.17, 15) is 9.90 Å². The molecule has 0 bridgehead atoms. The van der Waals surface area contributed by atoms with Gasteiger partial charge in [-0.15, -0.1) is 0 Å². The van der Waals surface area contributed by atoms with Gasteiger partial charge in [-0.2, -0.15) is 0 Å². The van der Waals surface area contributed by atoms with Crippen molar-refractivity contribution in [2.75, 3.05) is 13.6 Å². The Hall–Kier alpha value is -1.36. The van der Waals surface area contributed by atoms with Crippen molar-refractivity contribution in [1.82, 2.24) is 10.1 Å². The first-order valence-electron chi connectivity index (χ1n) is 7.29. The Balaban J connectivity index is 1.85. The lowest BCUT2D eigenvalue weighted by Gasteiger charge is -2.28. The third-order valence-corrected chi connectivity index (χ3v) is 4.26. The fourth-order valence-electron chi connectivity index (χ4n) is 3.00. The molecule has 112 valence electrons. The molecule has 0 spiro atoms. The Bertz CT molecular complexity index is 456. The van der Waals surface area contributed by atoms with Crippen LogP contribution in [-0.2, 0) is 11.2 Å². The molecule has 5 nitrogen and oxygen atoms in total. The van der Waals surface area contributed by atoms with Crippen molar-refractivity contribution >= 4 is 5.91 Å². The molecule has 1 aliphatic carbocycles. The molecular weight excluding hydrogens is 256 g/mol. The Labute approximate surface area is 119 Å². The van der Waals surface area contributed by atoms with Crippen molar-refractivity contribution in [3.05, 3.63) is 17.0 Å². The van der Waals surface area contributed by atoms with Crippen LogP contribution in [0.15, 0.2) is 4.52 Å². The summed E-state index contributed by atoms with van der Waals surface area (Å²) < 4.78 is 5.10. The average molecular weight is 280 g/mol. The predicted octanol–water partition coefficient (Wildman–Crippen LogP) is 1.99. The van der Waals surface area contributed by atoms with Gasteiger partial charge in [0.1, 0.15) is 5.76 Å². The number of aliphatic hydroxyl groups is 1. The van der Waals surface area contributed by atoms with Gasteiger partial charge < -0.3 is 14.5 Å². The van der Waals surface area contributed by atoms with Crippen molar-refractivity contribution in [3.63, 3.8) is 0 Å². The maximum absolute atomic E-state index is 12.2. The largest absolute Gasteiger partial charge is 0.388 e. The van der Waals surface area contributed by atoms with Crippen LogP contribution in [0.2, 0.25) is 0 Å². The van der Waals surface area contributed by atoms with Crippen molar-refractivity contribution in [2.45, 2.75) is 58.0 Å². The summed E-state index contributed by atoms with van der Waals surface area (Å²) in [6.45, 7) is 4.19. The molecule has 1 saturated carbocycles. The van der Waals surface area contributed by atoms with Crippen LogP contribution >= 0.6 is 0 Å². The quantitative estimate of drug-likeness (QED) is 0.895. The normalized spacial score (nSPS) is 17.4. The van der Waals surface area contributed by atoms with Gasteiger partial charge in [0, 0.05) is 25.6 Å². The number of nitrogens with zero attached hydrogens (tertiary/aromatic N) is 2. The zero-order valence-electron chi connectivity index (χ0n) is 12.6. The number of likely N-dealkylation sites (N-methyl/N-ethyl adjacent to an activating group) is 1. The van der Waals surface area contributed by atoms with Gasteiger partial charge in [0.25, 0.3) is 0 Å². The second kappa shape index (κ2) is 5.95. The van der Waals surface area contributed by atoms with E-state index in [0.29, 0.717) is 19.4 Å². The minimum atomic E-state index is -0.673. The van der Waals surface area contributed by atoms with Crippen LogP contribution in [0.25, 0.3) is 0 Å². The van der Waals surface area contributed by atoms with Gasteiger partial charge in [0.15, 0.2) is 0 Å². The van der Waals surface area contributed by atoms with Crippen LogP contribution in [0, 0.1) is 13.8 Å². The van der Waals surface area contributed by atoms with Crippen LogP contribution in [0.3, 0.4) is 0 Å². The first-order valence-corrected chi connectivity index (χ1v) is 7.29. The van der Waals surface area contributed by atoms with Crippen molar-refractivity contribution in [3.8, 4) is 0 Å². The molecule has 0 unspecified atom stereocenters. The molecule has 20 heavy (non-hydrogen) atoms. The maximum Gasteiger partial charge on any atom is 0.222 e. The molecule has 2 rings (SSSR count). The van der Waals surface area contributed by atoms with E-state index in [0.717, 1.165) is 42.7 Å². The van der Waals surface area contributed by atoms with Crippen LogP contribution in [0.4, 0.5) is 0 Å². The zero-order valence-corrected chi connectivity index (χ0v) is 12.6. The molecule has 1 aromatic rings. The van der Waals surface area contributed by atoms with Gasteiger partial charge in [-0.1, -0.05) is 18.0 Å². The molecule has 0 aromatic carbocycles. The Morgan fingerprint density at radius 3 is 2.60 bits per heavy atom. The second-order valence-electron chi connectivity index (χ2n) is 5.98. The Morgan fingerprint density at radius 2 is 2.05 bits per heavy atom. The van der Waals surface area contributed by atoms with Crippen LogP contribution in [-0.4, -0.2) is 40.3 Å². The summed E-state index contributed by atoms with van der Waals surface area (Å²) in [5, 5.41) is 14.2. The highest BCUT2D eigenvalue weighted by Gasteiger charge is 2.33. The summed E-state index contributed by atoms with van der Waals surface area (Å²) >= 11 is 0. The van der Waals surface area contributed by atoms with Crippen LogP contribution in [0.5, 0.6) is 0 Å². The molecule has 1 fully saturated rings. The highest BCUT2D eigenvalue weighted by molar-refractivity contribution is 5.76. The number of amides is 1. The molecule has 1 N–H and O–H groups in total. The minimum absolute atomic E-state index is 0.0605. The molecule has 0 saturated heterocycles. The van der Waals surface area contributed by atoms with E-state index < -0.39 is 5.60 Å². The van der Waals surface area contributed by atoms with Gasteiger partial charge in [0.05, 0.1) is 11.3 Å². The highest BCUT2D eigenvalue weighted by atomic mass is 16.5. The van der Waals surface area contributed by atoms with Gasteiger partial charge in [-0.3, -0.25) is 4.79 Å². The van der Waals surface area contributed by atoms with Crippen LogP contribution in [0.1, 0.15) is 49.1 Å². The molecule has 1 aromatic heterocycles. The molecule has 0 radical (unpaired) electrons. The summed E-state index contributed by atoms with van der Waals surface area (Å²) in [5.41, 5.74) is 1.20.